The third kappa shape index (κ3) is 8.01. The number of hydrogen-bond donors (Lipinski definition) is 5. The summed E-state index contributed by atoms with van der Waals surface area (Å²) in [6.07, 6.45) is 5.77. The van der Waals surface area contributed by atoms with Gasteiger partial charge in [-0.2, -0.15) is 0 Å². The Morgan fingerprint density at radius 3 is 2.00 bits per heavy atom. The van der Waals surface area contributed by atoms with Gasteiger partial charge in [0.15, 0.2) is 5.60 Å². The summed E-state index contributed by atoms with van der Waals surface area (Å²) in [5.41, 5.74) is -1.68. The van der Waals surface area contributed by atoms with Gasteiger partial charge in [-0.25, -0.2) is 19.2 Å². The van der Waals surface area contributed by atoms with E-state index in [1.54, 1.807) is 19.2 Å². The van der Waals surface area contributed by atoms with Gasteiger partial charge in [0.05, 0.1) is 25.0 Å². The van der Waals surface area contributed by atoms with Gasteiger partial charge < -0.3 is 30.3 Å². The molecule has 2 atom stereocenters. The number of piperidine rings is 1. The van der Waals surface area contributed by atoms with Crippen molar-refractivity contribution in [2.75, 3.05) is 13.7 Å². The van der Waals surface area contributed by atoms with Gasteiger partial charge in [-0.15, -0.1) is 0 Å². The van der Waals surface area contributed by atoms with Crippen molar-refractivity contribution in [1.29, 1.82) is 0 Å². The van der Waals surface area contributed by atoms with Gasteiger partial charge in [0.1, 0.15) is 11.6 Å². The van der Waals surface area contributed by atoms with Crippen LogP contribution in [0.3, 0.4) is 0 Å². The minimum atomic E-state index is -2.74. The van der Waals surface area contributed by atoms with Crippen molar-refractivity contribution in [3.8, 4) is 0 Å². The van der Waals surface area contributed by atoms with E-state index in [9.17, 15) is 23.9 Å². The summed E-state index contributed by atoms with van der Waals surface area (Å²) in [6, 6.07) is 6.96. The SMILES string of the molecule is COCCc1ncc(CN2C3CCC2CC(O)(c2ccc(F)cc2)C3)cn1.O=C(O)CC(O)(CC(=O)O)C(=O)O. The minimum absolute atomic E-state index is 0.267. The molecule has 0 saturated carbocycles. The van der Waals surface area contributed by atoms with Crippen molar-refractivity contribution in [3.05, 3.63) is 59.4 Å². The molecule has 0 radical (unpaired) electrons. The van der Waals surface area contributed by atoms with E-state index in [1.807, 2.05) is 12.4 Å². The molecular weight excluding hydrogens is 529 g/mol. The van der Waals surface area contributed by atoms with Crippen LogP contribution in [0.15, 0.2) is 36.7 Å². The van der Waals surface area contributed by atoms with Crippen LogP contribution in [-0.4, -0.2) is 89.7 Å². The fourth-order valence-corrected chi connectivity index (χ4v) is 5.28. The Morgan fingerprint density at radius 2 is 1.55 bits per heavy atom. The first kappa shape index (κ1) is 31.0. The van der Waals surface area contributed by atoms with E-state index in [4.69, 9.17) is 25.2 Å². The molecule has 218 valence electrons. The number of carboxylic acids is 3. The normalized spacial score (nSPS) is 22.3. The van der Waals surface area contributed by atoms with E-state index in [-0.39, 0.29) is 5.82 Å². The molecule has 2 aliphatic rings. The standard InChI is InChI=1S/C21H26FN3O2.C6H8O7/c1-27-9-8-20-23-12-15(13-24-20)14-25-18-6-7-19(25)11-21(26,10-18)16-2-4-17(22)5-3-16;7-3(8)1-6(13,5(11)12)2-4(9)10/h2-5,12-13,18-19,26H,6-11,14H2,1H3;13H,1-2H2,(H,7,8)(H,9,10)(H,11,12). The maximum Gasteiger partial charge on any atom is 0.336 e. The van der Waals surface area contributed by atoms with Crippen LogP contribution in [0.25, 0.3) is 0 Å². The first-order valence-electron chi connectivity index (χ1n) is 12.8. The number of hydrogen-bond acceptors (Lipinski definition) is 9. The maximum absolute atomic E-state index is 13.2. The van der Waals surface area contributed by atoms with Crippen LogP contribution < -0.4 is 0 Å². The third-order valence-electron chi connectivity index (χ3n) is 7.24. The predicted octanol–water partition coefficient (Wildman–Crippen LogP) is 1.57. The molecule has 12 nitrogen and oxygen atoms in total. The van der Waals surface area contributed by atoms with E-state index >= 15 is 0 Å². The molecule has 40 heavy (non-hydrogen) atoms. The number of carboxylic acid groups (broad SMARTS) is 3. The van der Waals surface area contributed by atoms with E-state index in [0.717, 1.165) is 42.8 Å². The first-order valence-corrected chi connectivity index (χ1v) is 12.8. The van der Waals surface area contributed by atoms with Gasteiger partial charge in [-0.1, -0.05) is 12.1 Å². The Labute approximate surface area is 230 Å². The number of carbonyl (C=O) groups is 3. The number of benzene rings is 1. The number of aromatic nitrogens is 2. The zero-order valence-electron chi connectivity index (χ0n) is 22.1. The molecule has 3 heterocycles. The van der Waals surface area contributed by atoms with Crippen LogP contribution in [0, 0.1) is 5.82 Å². The van der Waals surface area contributed by atoms with Crippen molar-refractivity contribution < 1.29 is 49.0 Å². The molecule has 1 aromatic carbocycles. The van der Waals surface area contributed by atoms with Crippen LogP contribution >= 0.6 is 0 Å². The molecule has 5 N–H and O–H groups in total. The predicted molar refractivity (Wildman–Crippen MR) is 137 cm³/mol. The maximum atomic E-state index is 13.2. The topological polar surface area (TPSA) is 191 Å². The van der Waals surface area contributed by atoms with Gasteiger partial charge in [-0.3, -0.25) is 14.5 Å². The van der Waals surface area contributed by atoms with Crippen LogP contribution in [-0.2, 0) is 37.7 Å². The minimum Gasteiger partial charge on any atom is -0.481 e. The molecule has 13 heteroatoms. The molecule has 0 aliphatic carbocycles. The lowest BCUT2D eigenvalue weighted by molar-refractivity contribution is -0.170. The number of methoxy groups -OCH3 is 1. The number of fused-ring (bicyclic) bond motifs is 2. The van der Waals surface area contributed by atoms with Gasteiger partial charge in [0.2, 0.25) is 0 Å². The van der Waals surface area contributed by atoms with Crippen molar-refractivity contribution >= 4 is 17.9 Å². The van der Waals surface area contributed by atoms with Crippen LogP contribution in [0.5, 0.6) is 0 Å². The molecule has 0 amide bonds. The summed E-state index contributed by atoms with van der Waals surface area (Å²) in [7, 11) is 1.67. The molecule has 2 fully saturated rings. The number of halogens is 1. The summed E-state index contributed by atoms with van der Waals surface area (Å²) >= 11 is 0. The molecule has 2 unspecified atom stereocenters. The summed E-state index contributed by atoms with van der Waals surface area (Å²) in [5.74, 6) is -4.49. The van der Waals surface area contributed by atoms with Crippen LogP contribution in [0.1, 0.15) is 55.5 Å². The second kappa shape index (κ2) is 13.2. The Morgan fingerprint density at radius 1 is 1.02 bits per heavy atom. The first-order chi connectivity index (χ1) is 18.8. The smallest absolute Gasteiger partial charge is 0.336 e. The number of aliphatic carboxylic acids is 3. The Balaban J connectivity index is 0.000000289. The fourth-order valence-electron chi connectivity index (χ4n) is 5.28. The zero-order valence-corrected chi connectivity index (χ0v) is 22.1. The largest absolute Gasteiger partial charge is 0.481 e. The Bertz CT molecular complexity index is 1150. The molecule has 2 aromatic rings. The second-order valence-electron chi connectivity index (χ2n) is 10.2. The number of nitrogens with zero attached hydrogens (tertiary/aromatic N) is 3. The summed E-state index contributed by atoms with van der Waals surface area (Å²) in [6.45, 7) is 1.43. The Hall–Kier alpha value is -3.52. The average molecular weight is 564 g/mol. The third-order valence-corrected chi connectivity index (χ3v) is 7.24. The summed E-state index contributed by atoms with van der Waals surface area (Å²) in [5, 5.41) is 45.0. The molecule has 2 aliphatic heterocycles. The van der Waals surface area contributed by atoms with Crippen LogP contribution in [0.4, 0.5) is 4.39 Å². The van der Waals surface area contributed by atoms with Crippen LogP contribution in [0.2, 0.25) is 0 Å². The lowest BCUT2D eigenvalue weighted by Gasteiger charge is -2.44. The number of ether oxygens (including phenoxy) is 1. The van der Waals surface area contributed by atoms with E-state index < -0.39 is 42.0 Å². The molecule has 1 aromatic heterocycles. The highest BCUT2D eigenvalue weighted by Gasteiger charge is 2.48. The molecule has 0 spiro atoms. The molecule has 2 bridgehead atoms. The lowest BCUT2D eigenvalue weighted by Crippen LogP contribution is -2.49. The molecular formula is C27H34FN3O9. The summed E-state index contributed by atoms with van der Waals surface area (Å²) < 4.78 is 18.3. The number of aliphatic hydroxyl groups is 2. The van der Waals surface area contributed by atoms with Crippen molar-refractivity contribution in [2.45, 2.75) is 74.8 Å². The van der Waals surface area contributed by atoms with Gasteiger partial charge in [0.25, 0.3) is 0 Å². The van der Waals surface area contributed by atoms with Gasteiger partial charge in [-0.05, 0) is 43.4 Å². The van der Waals surface area contributed by atoms with E-state index in [1.165, 1.54) is 12.1 Å². The zero-order chi connectivity index (χ0) is 29.5. The van der Waals surface area contributed by atoms with Crippen molar-refractivity contribution in [3.63, 3.8) is 0 Å². The quantitative estimate of drug-likeness (QED) is 0.266. The fraction of sp³-hybridized carbons (Fsp3) is 0.519. The summed E-state index contributed by atoms with van der Waals surface area (Å²) in [4.78, 5) is 41.8. The van der Waals surface area contributed by atoms with Gasteiger partial charge in [0, 0.05) is 50.1 Å². The highest BCUT2D eigenvalue weighted by molar-refractivity contribution is 5.88. The van der Waals surface area contributed by atoms with Gasteiger partial charge >= 0.3 is 17.9 Å². The monoisotopic (exact) mass is 563 g/mol. The average Bonchev–Trinajstić information content (AvgIpc) is 3.12. The van der Waals surface area contributed by atoms with E-state index in [2.05, 4.69) is 14.9 Å². The molecule has 2 saturated heterocycles. The number of rotatable bonds is 11. The van der Waals surface area contributed by atoms with E-state index in [0.29, 0.717) is 31.5 Å². The highest BCUT2D eigenvalue weighted by atomic mass is 19.1. The van der Waals surface area contributed by atoms with Crippen molar-refractivity contribution in [1.82, 2.24) is 14.9 Å². The second-order valence-corrected chi connectivity index (χ2v) is 10.2. The lowest BCUT2D eigenvalue weighted by atomic mass is 9.80. The highest BCUT2D eigenvalue weighted by Crippen LogP contribution is 2.46. The van der Waals surface area contributed by atoms with Crippen molar-refractivity contribution in [2.24, 2.45) is 0 Å². The molecule has 4 rings (SSSR count). The Kier molecular flexibility index (Phi) is 10.3.